The lowest BCUT2D eigenvalue weighted by atomic mass is 9.90. The molecule has 6 aromatic heterocycles. The number of hydrogen-bond donors (Lipinski definition) is 2. The van der Waals surface area contributed by atoms with E-state index in [0.29, 0.717) is 29.3 Å². The van der Waals surface area contributed by atoms with Crippen molar-refractivity contribution in [3.05, 3.63) is 131 Å². The van der Waals surface area contributed by atoms with Gasteiger partial charge >= 0.3 is 0 Å². The molecular weight excluding hydrogens is 933 g/mol. The number of anilines is 2. The molecule has 0 radical (unpaired) electrons. The lowest BCUT2D eigenvalue weighted by Gasteiger charge is -2.31. The van der Waals surface area contributed by atoms with E-state index in [4.69, 9.17) is 23.2 Å². The Morgan fingerprint density at radius 1 is 0.683 bits per heavy atom. The summed E-state index contributed by atoms with van der Waals surface area (Å²) in [6.07, 6.45) is 8.60. The SMILES string of the molecule is Cc1nccc2nc(Cl)ccc12.Cc1nccc2nc(NC(=O)Br)ccc12.Cc1nccc2nc(NC(=O)CN3CCC(Cc4ccccc4)CC3)ccc12.O=C(Cl)CBr. The molecule has 0 atom stereocenters. The van der Waals surface area contributed by atoms with Crippen molar-refractivity contribution in [2.75, 3.05) is 35.6 Å². The van der Waals surface area contributed by atoms with Gasteiger partial charge in [0.2, 0.25) is 11.1 Å². The fourth-order valence-corrected chi connectivity index (χ4v) is 6.85. The third-order valence-electron chi connectivity index (χ3n) is 9.45. The highest BCUT2D eigenvalue weighted by molar-refractivity contribution is 9.18. The fourth-order valence-electron chi connectivity index (χ4n) is 6.49. The van der Waals surface area contributed by atoms with E-state index in [0.717, 1.165) is 82.1 Å². The molecule has 1 aromatic carbocycles. The molecule has 0 saturated carbocycles. The normalized spacial score (nSPS) is 12.6. The number of nitrogens with one attached hydrogen (secondary N) is 2. The smallest absolute Gasteiger partial charge is 0.292 e. The Labute approximate surface area is 375 Å². The first kappa shape index (κ1) is 46.1. The summed E-state index contributed by atoms with van der Waals surface area (Å²) in [4.78, 5) is 60.3. The van der Waals surface area contributed by atoms with Crippen molar-refractivity contribution >= 4 is 115 Å². The number of nitrogens with zero attached hydrogens (tertiary/aromatic N) is 7. The number of benzene rings is 1. The molecule has 2 N–H and O–H groups in total. The van der Waals surface area contributed by atoms with E-state index in [1.165, 1.54) is 5.56 Å². The van der Waals surface area contributed by atoms with E-state index in [2.05, 4.69) is 108 Å². The van der Waals surface area contributed by atoms with E-state index < -0.39 is 0 Å². The van der Waals surface area contributed by atoms with Crippen molar-refractivity contribution in [3.63, 3.8) is 0 Å². The van der Waals surface area contributed by atoms with E-state index in [1.807, 2.05) is 63.2 Å². The molecule has 0 bridgehead atoms. The second-order valence-corrected chi connectivity index (χ2v) is 15.9. The molecule has 60 heavy (non-hydrogen) atoms. The topological polar surface area (TPSA) is 156 Å². The van der Waals surface area contributed by atoms with Crippen LogP contribution in [0.3, 0.4) is 0 Å². The minimum atomic E-state index is -0.356. The highest BCUT2D eigenvalue weighted by Crippen LogP contribution is 2.23. The molecule has 2 amide bonds. The zero-order valence-corrected chi connectivity index (χ0v) is 37.9. The number of pyridine rings is 6. The van der Waals surface area contributed by atoms with Crippen LogP contribution in [-0.2, 0) is 16.0 Å². The van der Waals surface area contributed by atoms with Crippen LogP contribution in [0.1, 0.15) is 35.5 Å². The van der Waals surface area contributed by atoms with Gasteiger partial charge in [-0.1, -0.05) is 57.9 Å². The second-order valence-electron chi connectivity index (χ2n) is 13.8. The van der Waals surface area contributed by atoms with Crippen LogP contribution in [0.2, 0.25) is 5.15 Å². The molecule has 16 heteroatoms. The number of carbonyl (C=O) groups is 3. The van der Waals surface area contributed by atoms with Crippen LogP contribution in [0, 0.1) is 26.7 Å². The number of amides is 2. The van der Waals surface area contributed by atoms with Crippen LogP contribution >= 0.6 is 55.1 Å². The van der Waals surface area contributed by atoms with Gasteiger partial charge in [0.25, 0.3) is 4.82 Å². The number of fused-ring (bicyclic) bond motifs is 3. The summed E-state index contributed by atoms with van der Waals surface area (Å²) < 4.78 is 0. The average molecular weight is 977 g/mol. The van der Waals surface area contributed by atoms with Gasteiger partial charge in [-0.2, -0.15) is 0 Å². The Balaban J connectivity index is 0.000000178. The van der Waals surface area contributed by atoms with Gasteiger partial charge in [0.05, 0.1) is 28.4 Å². The Morgan fingerprint density at radius 3 is 1.63 bits per heavy atom. The molecule has 0 unspecified atom stereocenters. The lowest BCUT2D eigenvalue weighted by Crippen LogP contribution is -2.39. The number of aromatic nitrogens is 6. The highest BCUT2D eigenvalue weighted by atomic mass is 79.9. The van der Waals surface area contributed by atoms with Crippen molar-refractivity contribution in [2.45, 2.75) is 40.0 Å². The quantitative estimate of drug-likeness (QED) is 0.0682. The first-order chi connectivity index (χ1) is 28.9. The largest absolute Gasteiger partial charge is 0.310 e. The summed E-state index contributed by atoms with van der Waals surface area (Å²) in [5.74, 6) is 1.83. The van der Waals surface area contributed by atoms with E-state index in [1.54, 1.807) is 30.7 Å². The van der Waals surface area contributed by atoms with Crippen molar-refractivity contribution in [1.82, 2.24) is 34.8 Å². The van der Waals surface area contributed by atoms with Gasteiger partial charge in [0, 0.05) is 67.8 Å². The molecule has 1 fully saturated rings. The van der Waals surface area contributed by atoms with Gasteiger partial charge < -0.3 is 10.6 Å². The van der Waals surface area contributed by atoms with Crippen molar-refractivity contribution in [1.29, 1.82) is 0 Å². The molecule has 0 aliphatic carbocycles. The van der Waals surface area contributed by atoms with Gasteiger partial charge in [-0.15, -0.1) is 0 Å². The monoisotopic (exact) mass is 973 g/mol. The zero-order chi connectivity index (χ0) is 43.0. The third kappa shape index (κ3) is 14.3. The maximum atomic E-state index is 12.5. The summed E-state index contributed by atoms with van der Waals surface area (Å²) >= 11 is 16.1. The number of piperidine rings is 1. The van der Waals surface area contributed by atoms with Gasteiger partial charge in [-0.25, -0.2) is 15.0 Å². The van der Waals surface area contributed by atoms with E-state index in [-0.39, 0.29) is 21.3 Å². The number of rotatable bonds is 7. The van der Waals surface area contributed by atoms with Crippen LogP contribution in [-0.4, -0.2) is 75.7 Å². The summed E-state index contributed by atoms with van der Waals surface area (Å²) in [5.41, 5.74) is 6.84. The van der Waals surface area contributed by atoms with Gasteiger partial charge in [0.15, 0.2) is 0 Å². The Morgan fingerprint density at radius 2 is 1.15 bits per heavy atom. The van der Waals surface area contributed by atoms with Gasteiger partial charge in [-0.05, 0) is 131 Å². The Bertz CT molecular complexity index is 2560. The molecule has 1 aliphatic heterocycles. The zero-order valence-electron chi connectivity index (χ0n) is 33.2. The summed E-state index contributed by atoms with van der Waals surface area (Å²) in [6, 6.07) is 27.4. The predicted octanol–water partition coefficient (Wildman–Crippen LogP) is 10.4. The molecule has 310 valence electrons. The number of carbonyl (C=O) groups excluding carboxylic acids is 3. The molecular formula is C44H43Br2Cl2N9O3. The predicted molar refractivity (Wildman–Crippen MR) is 248 cm³/mol. The molecule has 1 aliphatic rings. The molecule has 1 saturated heterocycles. The van der Waals surface area contributed by atoms with Crippen LogP contribution in [0.15, 0.2) is 104 Å². The maximum absolute atomic E-state index is 12.5. The fraction of sp³-hybridized carbons (Fsp3) is 0.250. The molecule has 7 aromatic rings. The summed E-state index contributed by atoms with van der Waals surface area (Å²) in [5, 5.41) is 8.97. The number of aryl methyl sites for hydroxylation is 3. The first-order valence-corrected chi connectivity index (χ1v) is 21.6. The van der Waals surface area contributed by atoms with Gasteiger partial charge in [0.1, 0.15) is 16.8 Å². The molecule has 0 spiro atoms. The second kappa shape index (κ2) is 23.1. The summed E-state index contributed by atoms with van der Waals surface area (Å²) in [6.45, 7) is 8.21. The molecule has 12 nitrogen and oxygen atoms in total. The number of likely N-dealkylation sites (tertiary alicyclic amines) is 1. The van der Waals surface area contributed by atoms with E-state index >= 15 is 0 Å². The number of hydrogen-bond acceptors (Lipinski definition) is 10. The minimum Gasteiger partial charge on any atom is -0.310 e. The lowest BCUT2D eigenvalue weighted by molar-refractivity contribution is -0.117. The number of halogens is 4. The van der Waals surface area contributed by atoms with E-state index in [9.17, 15) is 14.4 Å². The summed E-state index contributed by atoms with van der Waals surface area (Å²) in [7, 11) is 0. The Kier molecular flexibility index (Phi) is 17.8. The third-order valence-corrected chi connectivity index (χ3v) is 10.8. The minimum absolute atomic E-state index is 0.000799. The Hall–Kier alpha value is -4.99. The molecule has 7 heterocycles. The van der Waals surface area contributed by atoms with Crippen molar-refractivity contribution in [2.24, 2.45) is 5.92 Å². The van der Waals surface area contributed by atoms with Crippen molar-refractivity contribution in [3.8, 4) is 0 Å². The maximum Gasteiger partial charge on any atom is 0.292 e. The van der Waals surface area contributed by atoms with Crippen LogP contribution in [0.25, 0.3) is 32.7 Å². The van der Waals surface area contributed by atoms with Crippen molar-refractivity contribution < 1.29 is 14.4 Å². The first-order valence-electron chi connectivity index (χ1n) is 19.0. The van der Waals surface area contributed by atoms with Gasteiger partial charge in [-0.3, -0.25) is 34.2 Å². The standard InChI is InChI=1S/C23H26N4O.C10H8BrN3O.C9H7ClN2.C2H2BrClO/c1-17-20-7-8-22(25-21(20)9-12-24-17)26-23(28)16-27-13-10-19(11-14-27)15-18-5-3-2-4-6-18;1-6-7-2-3-9(14-10(11)15)13-8(7)4-5-12-6;1-6-7-2-3-9(10)12-8(7)4-5-11-6;3-1-2(4)5/h2-9,12,19H,10-11,13-16H2,1H3,(H,25,26,28);2-5H,1H3,(H,13,14,15);2-5H,1H3;1H2. The highest BCUT2D eigenvalue weighted by Gasteiger charge is 2.21. The molecule has 8 rings (SSSR count). The van der Waals surface area contributed by atoms with Crippen LogP contribution in [0.4, 0.5) is 16.4 Å². The number of alkyl halides is 1. The van der Waals surface area contributed by atoms with Crippen LogP contribution in [0.5, 0.6) is 0 Å². The van der Waals surface area contributed by atoms with Crippen LogP contribution < -0.4 is 10.6 Å². The average Bonchev–Trinajstić information content (AvgIpc) is 3.22.